The van der Waals surface area contributed by atoms with E-state index < -0.39 is 5.82 Å². The van der Waals surface area contributed by atoms with Crippen molar-refractivity contribution in [1.29, 1.82) is 0 Å². The van der Waals surface area contributed by atoms with Crippen molar-refractivity contribution >= 4 is 22.5 Å². The summed E-state index contributed by atoms with van der Waals surface area (Å²) in [6.45, 7) is 0. The molecule has 0 atom stereocenters. The van der Waals surface area contributed by atoms with Crippen LogP contribution < -0.4 is 5.32 Å². The van der Waals surface area contributed by atoms with Crippen molar-refractivity contribution in [2.75, 3.05) is 5.32 Å². The van der Waals surface area contributed by atoms with Gasteiger partial charge in [0.1, 0.15) is 5.69 Å². The van der Waals surface area contributed by atoms with Gasteiger partial charge in [0.25, 0.3) is 0 Å². The Morgan fingerprint density at radius 3 is 2.68 bits per heavy atom. The molecule has 0 radical (unpaired) electrons. The Bertz CT molecular complexity index is 1460. The quantitative estimate of drug-likeness (QED) is 0.322. The fraction of sp³-hybridized carbons (Fsp3) is 0.344. The van der Waals surface area contributed by atoms with E-state index in [2.05, 4.69) is 41.7 Å². The Balaban J connectivity index is 1.27. The molecule has 0 unspecified atom stereocenters. The average Bonchev–Trinajstić information content (AvgIpc) is 2.92. The first-order valence-electron chi connectivity index (χ1n) is 13.4. The largest absolute Gasteiger partial charge is 0.309 e. The highest BCUT2D eigenvalue weighted by Gasteiger charge is 2.24. The number of fused-ring (bicyclic) bond motifs is 4. The zero-order chi connectivity index (χ0) is 25.2. The third-order valence-corrected chi connectivity index (χ3v) is 7.79. The van der Waals surface area contributed by atoms with E-state index in [1.165, 1.54) is 38.2 Å². The molecule has 0 bridgehead atoms. The van der Waals surface area contributed by atoms with Gasteiger partial charge in [0, 0.05) is 0 Å². The van der Waals surface area contributed by atoms with Crippen molar-refractivity contribution < 1.29 is 9.18 Å². The Hall–Kier alpha value is -3.78. The zero-order valence-electron chi connectivity index (χ0n) is 20.9. The van der Waals surface area contributed by atoms with Crippen molar-refractivity contribution in [3.63, 3.8) is 0 Å². The zero-order valence-corrected chi connectivity index (χ0v) is 20.9. The fourth-order valence-corrected chi connectivity index (χ4v) is 5.81. The van der Waals surface area contributed by atoms with E-state index in [0.717, 1.165) is 57.4 Å². The number of benzene rings is 2. The van der Waals surface area contributed by atoms with Crippen LogP contribution in [-0.4, -0.2) is 15.9 Å². The first kappa shape index (κ1) is 23.6. The van der Waals surface area contributed by atoms with Crippen molar-refractivity contribution in [2.45, 2.75) is 64.2 Å². The first-order chi connectivity index (χ1) is 18.1. The van der Waals surface area contributed by atoms with Crippen LogP contribution in [0.5, 0.6) is 0 Å². The predicted octanol–water partition coefficient (Wildman–Crippen LogP) is 6.83. The normalized spacial score (nSPS) is 15.1. The van der Waals surface area contributed by atoms with Crippen LogP contribution in [0.1, 0.15) is 61.0 Å². The van der Waals surface area contributed by atoms with E-state index in [1.54, 1.807) is 0 Å². The summed E-state index contributed by atoms with van der Waals surface area (Å²) in [5.41, 5.74) is 5.02. The predicted molar refractivity (Wildman–Crippen MR) is 144 cm³/mol. The van der Waals surface area contributed by atoms with Crippen LogP contribution in [0.4, 0.5) is 10.2 Å². The number of hydrogen-bond donors (Lipinski definition) is 1. The Morgan fingerprint density at radius 1 is 0.973 bits per heavy atom. The lowest BCUT2D eigenvalue weighted by atomic mass is 9.85. The summed E-state index contributed by atoms with van der Waals surface area (Å²) < 4.78 is 13.8. The highest BCUT2D eigenvalue weighted by atomic mass is 19.1. The number of carbonyl (C=O) groups excluding carboxylic acids is 1. The number of amides is 1. The second kappa shape index (κ2) is 10.3. The molecule has 4 aromatic rings. The lowest BCUT2D eigenvalue weighted by Gasteiger charge is -2.23. The van der Waals surface area contributed by atoms with Gasteiger partial charge in [-0.05, 0) is 65.6 Å². The Kier molecular flexibility index (Phi) is 6.57. The summed E-state index contributed by atoms with van der Waals surface area (Å²) in [7, 11) is 0. The number of carbonyl (C=O) groups is 1. The molecule has 5 heteroatoms. The van der Waals surface area contributed by atoms with Crippen LogP contribution in [0.25, 0.3) is 22.0 Å². The lowest BCUT2D eigenvalue weighted by molar-refractivity contribution is -0.115. The maximum atomic E-state index is 13.8. The molecular formula is C32H30FN3O. The molecule has 1 saturated carbocycles. The maximum absolute atomic E-state index is 13.8. The highest BCUT2D eigenvalue weighted by molar-refractivity contribution is 5.93. The monoisotopic (exact) mass is 491 g/mol. The van der Waals surface area contributed by atoms with Crippen molar-refractivity contribution in [3.05, 3.63) is 89.0 Å². The van der Waals surface area contributed by atoms with Crippen LogP contribution in [-0.2, 0) is 30.5 Å². The fourth-order valence-electron chi connectivity index (χ4n) is 5.81. The highest BCUT2D eigenvalue weighted by Crippen LogP contribution is 2.33. The maximum Gasteiger partial charge on any atom is 0.229 e. The molecule has 186 valence electrons. The number of halogens is 1. The van der Waals surface area contributed by atoms with Gasteiger partial charge in [-0.1, -0.05) is 80.6 Å². The molecule has 4 nitrogen and oxygen atoms in total. The van der Waals surface area contributed by atoms with Gasteiger partial charge in [-0.15, -0.1) is 0 Å². The summed E-state index contributed by atoms with van der Waals surface area (Å²) in [4.78, 5) is 23.1. The van der Waals surface area contributed by atoms with Gasteiger partial charge in [0.05, 0.1) is 23.4 Å². The SMILES string of the molecule is O=C(Cc1ccc2ccccc2c1)Nc1nc2c(nc1CCC1CCCCC1)-c1c#cc(F)cc1CC2. The van der Waals surface area contributed by atoms with Crippen LogP contribution >= 0.6 is 0 Å². The molecule has 0 aliphatic heterocycles. The second-order valence-electron chi connectivity index (χ2n) is 10.4. The number of anilines is 1. The second-order valence-corrected chi connectivity index (χ2v) is 10.4. The molecule has 2 aliphatic carbocycles. The van der Waals surface area contributed by atoms with Gasteiger partial charge in [-0.3, -0.25) is 4.79 Å². The lowest BCUT2D eigenvalue weighted by Crippen LogP contribution is -2.20. The Morgan fingerprint density at radius 2 is 1.81 bits per heavy atom. The van der Waals surface area contributed by atoms with Crippen LogP contribution in [0.15, 0.2) is 48.5 Å². The average molecular weight is 492 g/mol. The number of aryl methyl sites for hydroxylation is 3. The van der Waals surface area contributed by atoms with E-state index in [-0.39, 0.29) is 12.3 Å². The standard InChI is InChI=1S/C32H30FN3O/c33-26-14-15-27-25(20-26)13-17-28-31(27)34-29(16-11-21-6-2-1-3-7-21)32(35-28)36-30(37)19-22-10-12-23-8-4-5-9-24(23)18-22/h4-5,8-10,12,18,20-21H,1-3,6-7,11,13,16-17,19H2,(H,35,36,37). The van der Waals surface area contributed by atoms with E-state index in [0.29, 0.717) is 24.6 Å². The first-order valence-corrected chi connectivity index (χ1v) is 13.4. The number of aromatic nitrogens is 2. The van der Waals surface area contributed by atoms with Gasteiger partial charge in [0.2, 0.25) is 5.91 Å². The summed E-state index contributed by atoms with van der Waals surface area (Å²) in [6, 6.07) is 21.3. The minimum Gasteiger partial charge on any atom is -0.309 e. The van der Waals surface area contributed by atoms with E-state index in [9.17, 15) is 9.18 Å². The van der Waals surface area contributed by atoms with Gasteiger partial charge >= 0.3 is 0 Å². The Labute approximate surface area is 217 Å². The minimum absolute atomic E-state index is 0.0957. The van der Waals surface area contributed by atoms with E-state index >= 15 is 0 Å². The summed E-state index contributed by atoms with van der Waals surface area (Å²) in [6.07, 6.45) is 9.82. The third kappa shape index (κ3) is 5.20. The molecule has 6 rings (SSSR count). The smallest absolute Gasteiger partial charge is 0.229 e. The minimum atomic E-state index is -0.398. The summed E-state index contributed by atoms with van der Waals surface area (Å²) in [5, 5.41) is 5.37. The topological polar surface area (TPSA) is 54.9 Å². The molecular weight excluding hydrogens is 461 g/mol. The molecule has 0 spiro atoms. The van der Waals surface area contributed by atoms with Crippen LogP contribution in [0.2, 0.25) is 0 Å². The molecule has 1 fully saturated rings. The van der Waals surface area contributed by atoms with E-state index in [4.69, 9.17) is 9.97 Å². The van der Waals surface area contributed by atoms with Crippen molar-refractivity contribution in [3.8, 4) is 11.3 Å². The third-order valence-electron chi connectivity index (χ3n) is 7.79. The molecule has 1 N–H and O–H groups in total. The number of hydrogen-bond acceptors (Lipinski definition) is 3. The molecule has 2 aliphatic rings. The van der Waals surface area contributed by atoms with Gasteiger partial charge in [0.15, 0.2) is 11.6 Å². The summed E-state index contributed by atoms with van der Waals surface area (Å²) in [5.74, 6) is 0.760. The summed E-state index contributed by atoms with van der Waals surface area (Å²) >= 11 is 0. The number of rotatable bonds is 6. The van der Waals surface area contributed by atoms with Gasteiger partial charge in [-0.2, -0.15) is 4.39 Å². The van der Waals surface area contributed by atoms with Crippen LogP contribution in [0, 0.1) is 23.9 Å². The molecule has 1 amide bonds. The number of nitrogens with one attached hydrogen (secondary N) is 1. The number of nitrogens with zero attached hydrogens (tertiary/aromatic N) is 2. The van der Waals surface area contributed by atoms with Gasteiger partial charge < -0.3 is 5.32 Å². The molecule has 1 heterocycles. The molecule has 0 saturated heterocycles. The van der Waals surface area contributed by atoms with Crippen molar-refractivity contribution in [2.24, 2.45) is 5.92 Å². The van der Waals surface area contributed by atoms with Gasteiger partial charge in [-0.25, -0.2) is 9.97 Å². The molecule has 1 aromatic heterocycles. The van der Waals surface area contributed by atoms with E-state index in [1.807, 2.05) is 18.2 Å². The molecule has 37 heavy (non-hydrogen) atoms. The van der Waals surface area contributed by atoms with Crippen molar-refractivity contribution in [1.82, 2.24) is 9.97 Å². The van der Waals surface area contributed by atoms with Crippen LogP contribution in [0.3, 0.4) is 0 Å². The molecule has 3 aromatic carbocycles.